The number of benzene rings is 1. The summed E-state index contributed by atoms with van der Waals surface area (Å²) in [6, 6.07) is 4.41. The summed E-state index contributed by atoms with van der Waals surface area (Å²) in [5, 5.41) is 0. The highest BCUT2D eigenvalue weighted by Crippen LogP contribution is 2.30. The predicted molar refractivity (Wildman–Crippen MR) is 104 cm³/mol. The number of hydrogen-bond donors (Lipinski definition) is 0. The molecule has 2 aliphatic heterocycles. The van der Waals surface area contributed by atoms with Crippen molar-refractivity contribution < 1.29 is 30.0 Å². The van der Waals surface area contributed by atoms with E-state index in [-0.39, 0.29) is 40.8 Å². The second-order valence-electron chi connectivity index (χ2n) is 7.04. The molecule has 2 atom stereocenters. The molecule has 1 aromatic carbocycles. The van der Waals surface area contributed by atoms with E-state index in [2.05, 4.69) is 0 Å². The molecule has 2 aliphatic rings. The lowest BCUT2D eigenvalue weighted by atomic mass is 10.2. The molecule has 0 bridgehead atoms. The van der Waals surface area contributed by atoms with Crippen molar-refractivity contribution in [1.29, 1.82) is 0 Å². The first-order valence-corrected chi connectivity index (χ1v) is 13.7. The van der Waals surface area contributed by atoms with E-state index < -0.39 is 47.8 Å². The number of anilines is 1. The van der Waals surface area contributed by atoms with Gasteiger partial charge in [-0.2, -0.15) is 4.31 Å². The molecule has 1 aromatic rings. The van der Waals surface area contributed by atoms with Crippen LogP contribution < -0.4 is 4.31 Å². The largest absolute Gasteiger partial charge is 0.273 e. The number of nitrogens with zero attached hydrogens (tertiary/aromatic N) is 2. The molecule has 2 unspecified atom stereocenters. The number of carbonyl (C=O) groups is 1. The topological polar surface area (TPSA) is 126 Å². The summed E-state index contributed by atoms with van der Waals surface area (Å²) in [6.07, 6.45) is 0.242. The van der Waals surface area contributed by atoms with Crippen molar-refractivity contribution in [2.45, 2.75) is 31.2 Å². The summed E-state index contributed by atoms with van der Waals surface area (Å²) in [5.41, 5.74) is 0.0831. The third-order valence-corrected chi connectivity index (χ3v) is 10.6. The van der Waals surface area contributed by atoms with E-state index in [0.29, 0.717) is 4.31 Å². The summed E-state index contributed by atoms with van der Waals surface area (Å²) in [5.74, 6) is -1.76. The van der Waals surface area contributed by atoms with E-state index >= 15 is 0 Å². The lowest BCUT2D eigenvalue weighted by Gasteiger charge is -2.26. The molecule has 0 aromatic heterocycles. The Morgan fingerprint density at radius 3 is 2.14 bits per heavy atom. The lowest BCUT2D eigenvalue weighted by Crippen LogP contribution is -2.40. The van der Waals surface area contributed by atoms with Crippen molar-refractivity contribution in [1.82, 2.24) is 4.31 Å². The molecule has 156 valence electrons. The van der Waals surface area contributed by atoms with E-state index in [9.17, 15) is 30.0 Å². The number of sulfonamides is 2. The van der Waals surface area contributed by atoms with Gasteiger partial charge in [0.1, 0.15) is 0 Å². The summed E-state index contributed by atoms with van der Waals surface area (Å²) in [6.45, 7) is 3.27. The Balaban J connectivity index is 1.91. The summed E-state index contributed by atoms with van der Waals surface area (Å²) in [7, 11) is -11.0. The van der Waals surface area contributed by atoms with E-state index in [1.807, 2.05) is 0 Å². The standard InChI is InChI=1S/C16H22N2O7S3/c1-3-17(14-8-9-26(20,21)11-14)28(24,25)15-6-4-13(5-7-15)18-16(19)12(2)10-27(18,22)23/h4-7,12,14H,3,8-11H2,1-2H3. The third kappa shape index (κ3) is 3.70. The fourth-order valence-electron chi connectivity index (χ4n) is 3.60. The molecule has 3 rings (SSSR count). The van der Waals surface area contributed by atoms with Gasteiger partial charge in [0.15, 0.2) is 9.84 Å². The molecule has 2 fully saturated rings. The van der Waals surface area contributed by atoms with Crippen LogP contribution in [0.4, 0.5) is 5.69 Å². The average molecular weight is 451 g/mol. The first-order chi connectivity index (χ1) is 12.9. The molecule has 0 spiro atoms. The molecule has 12 heteroatoms. The van der Waals surface area contributed by atoms with Gasteiger partial charge < -0.3 is 0 Å². The predicted octanol–water partition coefficient (Wildman–Crippen LogP) is 0.197. The maximum atomic E-state index is 13.0. The van der Waals surface area contributed by atoms with Gasteiger partial charge in [-0.1, -0.05) is 13.8 Å². The monoisotopic (exact) mass is 450 g/mol. The Kier molecular flexibility index (Phi) is 5.36. The Morgan fingerprint density at radius 2 is 1.71 bits per heavy atom. The Morgan fingerprint density at radius 1 is 1.11 bits per heavy atom. The zero-order chi connectivity index (χ0) is 20.9. The smallest absolute Gasteiger partial charge is 0.244 e. The number of sulfone groups is 1. The maximum Gasteiger partial charge on any atom is 0.244 e. The van der Waals surface area contributed by atoms with Crippen molar-refractivity contribution in [3.8, 4) is 0 Å². The van der Waals surface area contributed by atoms with Crippen LogP contribution >= 0.6 is 0 Å². The van der Waals surface area contributed by atoms with Crippen LogP contribution in [0.2, 0.25) is 0 Å². The SMILES string of the molecule is CCN(C1CCS(=O)(=O)C1)S(=O)(=O)c1ccc(N2C(=O)C(C)CS2(=O)=O)cc1. The molecular weight excluding hydrogens is 428 g/mol. The second-order valence-corrected chi connectivity index (χ2v) is 13.0. The van der Waals surface area contributed by atoms with E-state index in [1.165, 1.54) is 31.2 Å². The van der Waals surface area contributed by atoms with Crippen LogP contribution in [0, 0.1) is 5.92 Å². The summed E-state index contributed by atoms with van der Waals surface area (Å²) >= 11 is 0. The van der Waals surface area contributed by atoms with Crippen LogP contribution in [-0.2, 0) is 34.7 Å². The summed E-state index contributed by atoms with van der Waals surface area (Å²) < 4.78 is 75.6. The van der Waals surface area contributed by atoms with Gasteiger partial charge >= 0.3 is 0 Å². The van der Waals surface area contributed by atoms with Gasteiger partial charge in [0.25, 0.3) is 0 Å². The summed E-state index contributed by atoms with van der Waals surface area (Å²) in [4.78, 5) is 12.1. The highest BCUT2D eigenvalue weighted by molar-refractivity contribution is 7.94. The van der Waals surface area contributed by atoms with Crippen LogP contribution in [0.5, 0.6) is 0 Å². The number of hydrogen-bond acceptors (Lipinski definition) is 7. The Labute approximate surface area is 165 Å². The molecular formula is C16H22N2O7S3. The van der Waals surface area contributed by atoms with Gasteiger partial charge in [-0.15, -0.1) is 0 Å². The minimum Gasteiger partial charge on any atom is -0.273 e. The van der Waals surface area contributed by atoms with Gasteiger partial charge in [0, 0.05) is 12.6 Å². The Hall–Kier alpha value is -1.50. The second kappa shape index (κ2) is 7.08. The van der Waals surface area contributed by atoms with E-state index in [0.717, 1.165) is 4.31 Å². The highest BCUT2D eigenvalue weighted by atomic mass is 32.2. The van der Waals surface area contributed by atoms with Gasteiger partial charge in [0.05, 0.1) is 33.8 Å². The van der Waals surface area contributed by atoms with Gasteiger partial charge in [-0.3, -0.25) is 4.79 Å². The van der Waals surface area contributed by atoms with Gasteiger partial charge in [0.2, 0.25) is 26.0 Å². The lowest BCUT2D eigenvalue weighted by molar-refractivity contribution is -0.119. The molecule has 28 heavy (non-hydrogen) atoms. The normalized spacial score (nSPS) is 26.8. The van der Waals surface area contributed by atoms with Gasteiger partial charge in [-0.05, 0) is 30.7 Å². The Bertz CT molecular complexity index is 1090. The number of rotatable bonds is 5. The highest BCUT2D eigenvalue weighted by Gasteiger charge is 2.42. The van der Waals surface area contributed by atoms with Crippen molar-refractivity contribution in [3.63, 3.8) is 0 Å². The van der Waals surface area contributed by atoms with Crippen molar-refractivity contribution in [3.05, 3.63) is 24.3 Å². The molecule has 0 saturated carbocycles. The van der Waals surface area contributed by atoms with Crippen molar-refractivity contribution >= 4 is 41.5 Å². The van der Waals surface area contributed by atoms with Crippen LogP contribution in [0.15, 0.2) is 29.2 Å². The van der Waals surface area contributed by atoms with Crippen molar-refractivity contribution in [2.24, 2.45) is 5.92 Å². The molecule has 0 N–H and O–H groups in total. The van der Waals surface area contributed by atoms with Crippen LogP contribution in [-0.4, -0.2) is 65.3 Å². The molecule has 9 nitrogen and oxygen atoms in total. The van der Waals surface area contributed by atoms with Crippen LogP contribution in [0.3, 0.4) is 0 Å². The maximum absolute atomic E-state index is 13.0. The zero-order valence-electron chi connectivity index (χ0n) is 15.5. The zero-order valence-corrected chi connectivity index (χ0v) is 17.9. The first kappa shape index (κ1) is 21.2. The third-order valence-electron chi connectivity index (χ3n) is 4.97. The fourth-order valence-corrected chi connectivity index (χ4v) is 8.91. The van der Waals surface area contributed by atoms with Crippen molar-refractivity contribution in [2.75, 3.05) is 28.1 Å². The van der Waals surface area contributed by atoms with E-state index in [4.69, 9.17) is 0 Å². The molecule has 2 saturated heterocycles. The molecule has 2 heterocycles. The van der Waals surface area contributed by atoms with Gasteiger partial charge in [-0.25, -0.2) is 29.6 Å². The molecule has 0 radical (unpaired) electrons. The van der Waals surface area contributed by atoms with E-state index in [1.54, 1.807) is 6.92 Å². The quantitative estimate of drug-likeness (QED) is 0.627. The first-order valence-electron chi connectivity index (χ1n) is 8.78. The average Bonchev–Trinajstić information content (AvgIpc) is 3.03. The minimum atomic E-state index is -3.96. The number of carbonyl (C=O) groups excluding carboxylic acids is 1. The van der Waals surface area contributed by atoms with Crippen LogP contribution in [0.25, 0.3) is 0 Å². The molecule has 0 aliphatic carbocycles. The number of amides is 1. The van der Waals surface area contributed by atoms with Crippen LogP contribution in [0.1, 0.15) is 20.3 Å². The fraction of sp³-hybridized carbons (Fsp3) is 0.562. The minimum absolute atomic E-state index is 0.0459. The molecule has 1 amide bonds.